The van der Waals surface area contributed by atoms with Crippen LogP contribution in [0.25, 0.3) is 11.0 Å². The zero-order valence-electron chi connectivity index (χ0n) is 11.5. The molecule has 1 fully saturated rings. The third-order valence-electron chi connectivity index (χ3n) is 3.78. The number of likely N-dealkylation sites (tertiary alicyclic amines) is 1. The van der Waals surface area contributed by atoms with Gasteiger partial charge in [-0.3, -0.25) is 9.89 Å². The summed E-state index contributed by atoms with van der Waals surface area (Å²) in [5.74, 6) is 0.345. The smallest absolute Gasteiger partial charge is 0.248 e. The van der Waals surface area contributed by atoms with Gasteiger partial charge in [0.1, 0.15) is 6.61 Å². The molecule has 3 heterocycles. The van der Waals surface area contributed by atoms with Gasteiger partial charge < -0.3 is 9.64 Å². The first-order valence-corrected chi connectivity index (χ1v) is 6.84. The van der Waals surface area contributed by atoms with E-state index < -0.39 is 0 Å². The van der Waals surface area contributed by atoms with Crippen LogP contribution >= 0.6 is 0 Å². The van der Waals surface area contributed by atoms with Crippen molar-refractivity contribution in [3.05, 3.63) is 24.0 Å². The van der Waals surface area contributed by atoms with Crippen LogP contribution in [0.2, 0.25) is 0 Å². The summed E-state index contributed by atoms with van der Waals surface area (Å²) in [7, 11) is 1.55. The van der Waals surface area contributed by atoms with Gasteiger partial charge in [-0.25, -0.2) is 4.98 Å². The van der Waals surface area contributed by atoms with Gasteiger partial charge in [0.15, 0.2) is 5.65 Å². The molecule has 6 heteroatoms. The number of H-pyrrole nitrogens is 1. The number of nitrogens with one attached hydrogen (secondary N) is 1. The Labute approximate surface area is 117 Å². The zero-order chi connectivity index (χ0) is 13.9. The molecule has 0 aromatic carbocycles. The Bertz CT molecular complexity index is 610. The van der Waals surface area contributed by atoms with Gasteiger partial charge in [0.25, 0.3) is 0 Å². The quantitative estimate of drug-likeness (QED) is 0.916. The minimum atomic E-state index is 0.0554. The molecule has 0 unspecified atom stereocenters. The lowest BCUT2D eigenvalue weighted by atomic mass is 9.94. The van der Waals surface area contributed by atoms with E-state index >= 15 is 0 Å². The predicted octanol–water partition coefficient (Wildman–Crippen LogP) is 1.31. The third-order valence-corrected chi connectivity index (χ3v) is 3.78. The fraction of sp³-hybridized carbons (Fsp3) is 0.500. The number of piperidine rings is 1. The Morgan fingerprint density at radius 1 is 1.55 bits per heavy atom. The highest BCUT2D eigenvalue weighted by Gasteiger charge is 2.25. The van der Waals surface area contributed by atoms with Gasteiger partial charge >= 0.3 is 0 Å². The summed E-state index contributed by atoms with van der Waals surface area (Å²) in [4.78, 5) is 18.4. The topological polar surface area (TPSA) is 71.1 Å². The van der Waals surface area contributed by atoms with E-state index in [-0.39, 0.29) is 18.4 Å². The molecule has 0 bridgehead atoms. The Morgan fingerprint density at radius 2 is 2.45 bits per heavy atom. The van der Waals surface area contributed by atoms with Crippen LogP contribution in [0.5, 0.6) is 0 Å². The van der Waals surface area contributed by atoms with Gasteiger partial charge in [-0.15, -0.1) is 0 Å². The molecular formula is C14H18N4O2. The molecule has 6 nitrogen and oxygen atoms in total. The summed E-state index contributed by atoms with van der Waals surface area (Å²) in [5, 5.41) is 7.89. The first kappa shape index (κ1) is 13.1. The standard InChI is InChI=1S/C14H18N4O2/c1-20-9-13(19)18-6-2-3-11(8-18)12-5-4-10-7-15-17-14(10)16-12/h4-5,7,11H,2-3,6,8-9H2,1H3,(H,15,16,17)/t11-/m1/s1. The average molecular weight is 274 g/mol. The average Bonchev–Trinajstić information content (AvgIpc) is 2.95. The molecule has 0 radical (unpaired) electrons. The van der Waals surface area contributed by atoms with Crippen LogP contribution in [0.15, 0.2) is 18.3 Å². The summed E-state index contributed by atoms with van der Waals surface area (Å²) in [5.41, 5.74) is 1.83. The Hall–Kier alpha value is -1.95. The fourth-order valence-corrected chi connectivity index (χ4v) is 2.73. The highest BCUT2D eigenvalue weighted by atomic mass is 16.5. The molecule has 20 heavy (non-hydrogen) atoms. The maximum absolute atomic E-state index is 11.9. The van der Waals surface area contributed by atoms with E-state index in [1.165, 1.54) is 0 Å². The summed E-state index contributed by atoms with van der Waals surface area (Å²) in [6.07, 6.45) is 3.83. The van der Waals surface area contributed by atoms with Crippen molar-refractivity contribution in [1.82, 2.24) is 20.1 Å². The molecular weight excluding hydrogens is 256 g/mol. The Balaban J connectivity index is 1.77. The van der Waals surface area contributed by atoms with Crippen LogP contribution in [0.4, 0.5) is 0 Å². The van der Waals surface area contributed by atoms with Gasteiger partial charge in [-0.2, -0.15) is 5.10 Å². The number of fused-ring (bicyclic) bond motifs is 1. The SMILES string of the molecule is COCC(=O)N1CCC[C@@H](c2ccc3cn[nH]c3n2)C1. The van der Waals surface area contributed by atoms with E-state index in [2.05, 4.69) is 15.2 Å². The van der Waals surface area contributed by atoms with E-state index in [1.54, 1.807) is 13.3 Å². The first-order chi connectivity index (χ1) is 9.78. The molecule has 1 aliphatic heterocycles. The fourth-order valence-electron chi connectivity index (χ4n) is 2.73. The summed E-state index contributed by atoms with van der Waals surface area (Å²) < 4.78 is 4.92. The van der Waals surface area contributed by atoms with E-state index in [1.807, 2.05) is 17.0 Å². The number of carbonyl (C=O) groups is 1. The molecule has 1 saturated heterocycles. The number of pyridine rings is 1. The molecule has 1 aliphatic rings. The van der Waals surface area contributed by atoms with E-state index in [4.69, 9.17) is 4.74 Å². The Morgan fingerprint density at radius 3 is 3.30 bits per heavy atom. The summed E-state index contributed by atoms with van der Waals surface area (Å²) in [6, 6.07) is 4.06. The summed E-state index contributed by atoms with van der Waals surface area (Å²) >= 11 is 0. The van der Waals surface area contributed by atoms with Gasteiger partial charge in [-0.05, 0) is 25.0 Å². The maximum Gasteiger partial charge on any atom is 0.248 e. The van der Waals surface area contributed by atoms with Gasteiger partial charge in [0, 0.05) is 37.2 Å². The number of ether oxygens (including phenoxy) is 1. The molecule has 3 rings (SSSR count). The molecule has 0 saturated carbocycles. The lowest BCUT2D eigenvalue weighted by molar-refractivity contribution is -0.136. The van der Waals surface area contributed by atoms with Crippen molar-refractivity contribution in [3.8, 4) is 0 Å². The number of amides is 1. The largest absolute Gasteiger partial charge is 0.375 e. The maximum atomic E-state index is 11.9. The third kappa shape index (κ3) is 2.51. The normalized spacial score (nSPS) is 19.4. The van der Waals surface area contributed by atoms with Crippen LogP contribution in [0, 0.1) is 0 Å². The molecule has 0 spiro atoms. The van der Waals surface area contributed by atoms with Crippen LogP contribution in [-0.4, -0.2) is 52.8 Å². The zero-order valence-corrected chi connectivity index (χ0v) is 11.5. The second-order valence-corrected chi connectivity index (χ2v) is 5.16. The van der Waals surface area contributed by atoms with Crippen molar-refractivity contribution in [1.29, 1.82) is 0 Å². The van der Waals surface area contributed by atoms with Crippen molar-refractivity contribution in [2.45, 2.75) is 18.8 Å². The van der Waals surface area contributed by atoms with Gasteiger partial charge in [-0.1, -0.05) is 0 Å². The molecule has 1 atom stereocenters. The molecule has 2 aromatic rings. The van der Waals surface area contributed by atoms with Crippen molar-refractivity contribution >= 4 is 16.9 Å². The van der Waals surface area contributed by atoms with Crippen molar-refractivity contribution in [2.75, 3.05) is 26.8 Å². The number of methoxy groups -OCH3 is 1. The van der Waals surface area contributed by atoms with Crippen LogP contribution in [-0.2, 0) is 9.53 Å². The van der Waals surface area contributed by atoms with E-state index in [0.29, 0.717) is 0 Å². The lowest BCUT2D eigenvalue weighted by Gasteiger charge is -2.32. The van der Waals surface area contributed by atoms with E-state index in [9.17, 15) is 4.79 Å². The first-order valence-electron chi connectivity index (χ1n) is 6.84. The number of hydrogen-bond donors (Lipinski definition) is 1. The van der Waals surface area contributed by atoms with Crippen molar-refractivity contribution < 1.29 is 9.53 Å². The second kappa shape index (κ2) is 5.58. The van der Waals surface area contributed by atoms with Crippen LogP contribution < -0.4 is 0 Å². The van der Waals surface area contributed by atoms with E-state index in [0.717, 1.165) is 42.7 Å². The van der Waals surface area contributed by atoms with Crippen LogP contribution in [0.1, 0.15) is 24.5 Å². The lowest BCUT2D eigenvalue weighted by Crippen LogP contribution is -2.41. The van der Waals surface area contributed by atoms with Gasteiger partial charge in [0.05, 0.1) is 6.20 Å². The van der Waals surface area contributed by atoms with Crippen molar-refractivity contribution in [2.24, 2.45) is 0 Å². The molecule has 1 N–H and O–H groups in total. The monoisotopic (exact) mass is 274 g/mol. The number of nitrogens with zero attached hydrogens (tertiary/aromatic N) is 3. The van der Waals surface area contributed by atoms with Gasteiger partial charge in [0.2, 0.25) is 5.91 Å². The highest BCUT2D eigenvalue weighted by Crippen LogP contribution is 2.26. The minimum Gasteiger partial charge on any atom is -0.375 e. The van der Waals surface area contributed by atoms with Crippen LogP contribution in [0.3, 0.4) is 0 Å². The minimum absolute atomic E-state index is 0.0554. The molecule has 2 aromatic heterocycles. The number of rotatable bonds is 3. The highest BCUT2D eigenvalue weighted by molar-refractivity contribution is 5.77. The molecule has 0 aliphatic carbocycles. The summed E-state index contributed by atoms with van der Waals surface area (Å²) in [6.45, 7) is 1.68. The predicted molar refractivity (Wildman–Crippen MR) is 74.3 cm³/mol. The number of hydrogen-bond acceptors (Lipinski definition) is 4. The second-order valence-electron chi connectivity index (χ2n) is 5.16. The molecule has 106 valence electrons. The van der Waals surface area contributed by atoms with Crippen molar-refractivity contribution in [3.63, 3.8) is 0 Å². The number of carbonyl (C=O) groups excluding carboxylic acids is 1. The number of aromatic amines is 1. The molecule has 1 amide bonds. The number of aromatic nitrogens is 3. The Kier molecular flexibility index (Phi) is 3.64.